The Morgan fingerprint density at radius 1 is 1.39 bits per heavy atom. The van der Waals surface area contributed by atoms with Gasteiger partial charge in [0, 0.05) is 6.42 Å². The van der Waals surface area contributed by atoms with Gasteiger partial charge in [-0.2, -0.15) is 4.98 Å². The van der Waals surface area contributed by atoms with Crippen LogP contribution >= 0.6 is 0 Å². The molecule has 3 heterocycles. The van der Waals surface area contributed by atoms with Crippen LogP contribution in [-0.4, -0.2) is 49.8 Å². The molecule has 3 atom stereocenters. The predicted molar refractivity (Wildman–Crippen MR) is 111 cm³/mol. The number of rotatable bonds is 7. The number of ether oxygens (including phenoxy) is 3. The van der Waals surface area contributed by atoms with Gasteiger partial charge in [-0.05, 0) is 0 Å². The van der Waals surface area contributed by atoms with E-state index in [2.05, 4.69) is 21.5 Å². The first kappa shape index (κ1) is 22.5. The molecule has 2 aromatic rings. The van der Waals surface area contributed by atoms with Crippen molar-refractivity contribution >= 4 is 29.1 Å². The van der Waals surface area contributed by atoms with E-state index in [0.29, 0.717) is 0 Å². The molecule has 0 saturated carbocycles. The Labute approximate surface area is 178 Å². The van der Waals surface area contributed by atoms with Crippen molar-refractivity contribution in [1.82, 2.24) is 19.5 Å². The van der Waals surface area contributed by atoms with E-state index in [-0.39, 0.29) is 42.0 Å². The zero-order valence-electron chi connectivity index (χ0n) is 18.0. The van der Waals surface area contributed by atoms with E-state index in [4.69, 9.17) is 19.9 Å². The highest BCUT2D eigenvalue weighted by atomic mass is 16.6. The Balaban J connectivity index is 1.97. The molecule has 3 unspecified atom stereocenters. The van der Waals surface area contributed by atoms with Crippen molar-refractivity contribution in [2.75, 3.05) is 12.3 Å². The van der Waals surface area contributed by atoms with Crippen LogP contribution in [0.15, 0.2) is 23.8 Å². The van der Waals surface area contributed by atoms with E-state index < -0.39 is 35.4 Å². The summed E-state index contributed by atoms with van der Waals surface area (Å²) in [5.41, 5.74) is 4.22. The lowest BCUT2D eigenvalue weighted by Gasteiger charge is -2.31. The van der Waals surface area contributed by atoms with E-state index in [1.54, 1.807) is 27.7 Å². The minimum atomic E-state index is -1.29. The number of carbonyl (C=O) groups is 2. The van der Waals surface area contributed by atoms with Crippen molar-refractivity contribution < 1.29 is 23.8 Å². The van der Waals surface area contributed by atoms with Gasteiger partial charge in [-0.1, -0.05) is 40.3 Å². The molecule has 1 aliphatic rings. The van der Waals surface area contributed by atoms with Gasteiger partial charge in [0.1, 0.15) is 18.9 Å². The maximum absolute atomic E-state index is 12.3. The second-order valence-electron chi connectivity index (χ2n) is 8.09. The fourth-order valence-electron chi connectivity index (χ4n) is 3.22. The van der Waals surface area contributed by atoms with E-state index >= 15 is 0 Å². The van der Waals surface area contributed by atoms with Crippen LogP contribution in [0.4, 0.5) is 5.95 Å². The molecule has 0 aromatic carbocycles. The van der Waals surface area contributed by atoms with Crippen molar-refractivity contribution in [1.29, 1.82) is 0 Å². The van der Waals surface area contributed by atoms with Gasteiger partial charge in [0.2, 0.25) is 5.95 Å². The van der Waals surface area contributed by atoms with Crippen LogP contribution < -0.4 is 11.3 Å². The SMILES string of the molecule is C=CC1(COC(=O)C(C)C)OC(n2cnc3c(=O)[nH]c(N)nc32)CC1OC(=O)C(C)C. The molecule has 1 aliphatic heterocycles. The average Bonchev–Trinajstić information content (AvgIpc) is 3.28. The third-order valence-electron chi connectivity index (χ3n) is 5.06. The van der Waals surface area contributed by atoms with E-state index in [0.717, 1.165) is 0 Å². The number of anilines is 1. The topological polar surface area (TPSA) is 151 Å². The van der Waals surface area contributed by atoms with E-state index in [9.17, 15) is 14.4 Å². The number of aromatic amines is 1. The van der Waals surface area contributed by atoms with Crippen LogP contribution in [0, 0.1) is 11.8 Å². The number of fused-ring (bicyclic) bond motifs is 1. The number of imidazole rings is 1. The zero-order valence-corrected chi connectivity index (χ0v) is 18.0. The fourth-order valence-corrected chi connectivity index (χ4v) is 3.22. The number of carbonyl (C=O) groups excluding carboxylic acids is 2. The summed E-state index contributed by atoms with van der Waals surface area (Å²) in [6, 6.07) is 0. The summed E-state index contributed by atoms with van der Waals surface area (Å²) < 4.78 is 18.8. The first-order valence-corrected chi connectivity index (χ1v) is 9.98. The Morgan fingerprint density at radius 3 is 2.68 bits per heavy atom. The van der Waals surface area contributed by atoms with Gasteiger partial charge in [-0.25, -0.2) is 4.98 Å². The lowest BCUT2D eigenvalue weighted by atomic mass is 9.97. The number of nitrogens with two attached hydrogens (primary N) is 1. The zero-order chi connectivity index (χ0) is 22.9. The van der Waals surface area contributed by atoms with Crippen LogP contribution in [0.2, 0.25) is 0 Å². The summed E-state index contributed by atoms with van der Waals surface area (Å²) >= 11 is 0. The molecule has 3 N–H and O–H groups in total. The largest absolute Gasteiger partial charge is 0.462 e. The second kappa shape index (κ2) is 8.50. The molecule has 1 saturated heterocycles. The van der Waals surface area contributed by atoms with Gasteiger partial charge in [-0.15, -0.1) is 0 Å². The molecule has 11 heteroatoms. The van der Waals surface area contributed by atoms with Gasteiger partial charge < -0.3 is 19.9 Å². The van der Waals surface area contributed by atoms with E-state index in [1.807, 2.05) is 0 Å². The first-order chi connectivity index (χ1) is 14.6. The summed E-state index contributed by atoms with van der Waals surface area (Å²) in [5.74, 6) is -1.62. The smallest absolute Gasteiger partial charge is 0.308 e. The molecule has 3 rings (SSSR count). The highest BCUT2D eigenvalue weighted by Gasteiger charge is 2.51. The second-order valence-corrected chi connectivity index (χ2v) is 8.09. The first-order valence-electron chi connectivity index (χ1n) is 9.98. The molecule has 0 bridgehead atoms. The number of nitrogens with one attached hydrogen (secondary N) is 1. The summed E-state index contributed by atoms with van der Waals surface area (Å²) in [5, 5.41) is 0. The van der Waals surface area contributed by atoms with Gasteiger partial charge in [0.15, 0.2) is 16.8 Å². The van der Waals surface area contributed by atoms with Crippen molar-refractivity contribution in [3.63, 3.8) is 0 Å². The predicted octanol–water partition coefficient (Wildman–Crippen LogP) is 1.31. The van der Waals surface area contributed by atoms with Crippen molar-refractivity contribution in [3.8, 4) is 0 Å². The van der Waals surface area contributed by atoms with Crippen molar-refractivity contribution in [3.05, 3.63) is 29.3 Å². The lowest BCUT2D eigenvalue weighted by molar-refractivity contribution is -0.171. The van der Waals surface area contributed by atoms with Crippen molar-refractivity contribution in [2.24, 2.45) is 11.8 Å². The Hall–Kier alpha value is -3.21. The number of nitrogens with zero attached hydrogens (tertiary/aromatic N) is 3. The number of esters is 2. The number of H-pyrrole nitrogens is 1. The molecule has 168 valence electrons. The number of hydrogen-bond acceptors (Lipinski definition) is 9. The molecular weight excluding hydrogens is 406 g/mol. The molecule has 0 aliphatic carbocycles. The summed E-state index contributed by atoms with van der Waals surface area (Å²) in [7, 11) is 0. The third kappa shape index (κ3) is 4.31. The van der Waals surface area contributed by atoms with Gasteiger partial charge in [0.05, 0.1) is 18.2 Å². The average molecular weight is 433 g/mol. The molecular formula is C20H27N5O6. The fraction of sp³-hybridized carbons (Fsp3) is 0.550. The molecule has 0 radical (unpaired) electrons. The Kier molecular flexibility index (Phi) is 6.16. The summed E-state index contributed by atoms with van der Waals surface area (Å²) in [4.78, 5) is 47.1. The third-order valence-corrected chi connectivity index (χ3v) is 5.06. The minimum absolute atomic E-state index is 0.0686. The minimum Gasteiger partial charge on any atom is -0.462 e. The maximum Gasteiger partial charge on any atom is 0.308 e. The van der Waals surface area contributed by atoms with Gasteiger partial charge in [0.25, 0.3) is 5.56 Å². The monoisotopic (exact) mass is 433 g/mol. The van der Waals surface area contributed by atoms with E-state index in [1.165, 1.54) is 17.0 Å². The Morgan fingerprint density at radius 2 is 2.06 bits per heavy atom. The number of nitrogen functional groups attached to an aromatic ring is 1. The number of hydrogen-bond donors (Lipinski definition) is 2. The van der Waals surface area contributed by atoms with Crippen molar-refractivity contribution in [2.45, 2.75) is 52.0 Å². The molecule has 31 heavy (non-hydrogen) atoms. The molecule has 1 fully saturated rings. The van der Waals surface area contributed by atoms with Gasteiger partial charge in [-0.3, -0.25) is 23.9 Å². The molecule has 0 amide bonds. The van der Waals surface area contributed by atoms with Crippen LogP contribution in [-0.2, 0) is 23.8 Å². The maximum atomic E-state index is 12.3. The highest BCUT2D eigenvalue weighted by molar-refractivity contribution is 5.73. The lowest BCUT2D eigenvalue weighted by Crippen LogP contribution is -2.45. The normalized spacial score (nSPS) is 23.4. The highest BCUT2D eigenvalue weighted by Crippen LogP contribution is 2.41. The standard InChI is InChI=1S/C20H27N5O6/c1-6-20(8-29-17(27)10(2)3)12(30-18(28)11(4)5)7-13(31-20)25-9-22-14-15(25)23-19(21)24-16(14)26/h6,9-13H,1,7-8H2,2-5H3,(H3,21,23,24,26). The Bertz CT molecular complexity index is 1060. The molecule has 11 nitrogen and oxygen atoms in total. The van der Waals surface area contributed by atoms with Crippen LogP contribution in [0.3, 0.4) is 0 Å². The number of aromatic nitrogens is 4. The van der Waals surface area contributed by atoms with Crippen LogP contribution in [0.25, 0.3) is 11.2 Å². The van der Waals surface area contributed by atoms with Crippen LogP contribution in [0.5, 0.6) is 0 Å². The molecule has 0 spiro atoms. The summed E-state index contributed by atoms with van der Waals surface area (Å²) in [6.07, 6.45) is 1.55. The van der Waals surface area contributed by atoms with Gasteiger partial charge >= 0.3 is 11.9 Å². The quantitative estimate of drug-likeness (QED) is 0.486. The summed E-state index contributed by atoms with van der Waals surface area (Å²) in [6.45, 7) is 10.5. The molecule has 2 aromatic heterocycles. The van der Waals surface area contributed by atoms with Crippen LogP contribution in [0.1, 0.15) is 40.3 Å².